The van der Waals surface area contributed by atoms with E-state index in [1.807, 2.05) is 0 Å². The van der Waals surface area contributed by atoms with E-state index in [9.17, 15) is 4.79 Å². The third-order valence-electron chi connectivity index (χ3n) is 1.87. The van der Waals surface area contributed by atoms with E-state index in [1.165, 1.54) is 12.3 Å². The van der Waals surface area contributed by atoms with Crippen molar-refractivity contribution in [1.82, 2.24) is 10.3 Å². The molecule has 88 valence electrons. The summed E-state index contributed by atoms with van der Waals surface area (Å²) >= 11 is 11.4. The average molecular weight is 263 g/mol. The number of hydrogen-bond acceptors (Lipinski definition) is 3. The molecule has 1 rings (SSSR count). The summed E-state index contributed by atoms with van der Waals surface area (Å²) in [5.74, 6) is -0.220. The Morgan fingerprint density at radius 3 is 2.94 bits per heavy atom. The van der Waals surface area contributed by atoms with Crippen molar-refractivity contribution in [1.29, 1.82) is 0 Å². The normalized spacial score (nSPS) is 10.2. The van der Waals surface area contributed by atoms with Gasteiger partial charge in [-0.05, 0) is 12.5 Å². The molecule has 0 spiro atoms. The molecule has 0 aliphatic carbocycles. The quantitative estimate of drug-likeness (QED) is 0.654. The van der Waals surface area contributed by atoms with Crippen molar-refractivity contribution in [3.8, 4) is 0 Å². The highest BCUT2D eigenvalue weighted by molar-refractivity contribution is 6.41. The Morgan fingerprint density at radius 2 is 2.31 bits per heavy atom. The van der Waals surface area contributed by atoms with Crippen LogP contribution in [0.2, 0.25) is 10.2 Å². The van der Waals surface area contributed by atoms with Crippen molar-refractivity contribution in [2.45, 2.75) is 6.42 Å². The molecule has 4 nitrogen and oxygen atoms in total. The molecule has 0 radical (unpaired) electrons. The Balaban J connectivity index is 2.50. The molecule has 0 aliphatic rings. The summed E-state index contributed by atoms with van der Waals surface area (Å²) in [4.78, 5) is 15.4. The van der Waals surface area contributed by atoms with E-state index in [4.69, 9.17) is 27.9 Å². The maximum Gasteiger partial charge on any atom is 0.252 e. The molecule has 0 fully saturated rings. The van der Waals surface area contributed by atoms with Crippen LogP contribution in [0.1, 0.15) is 16.8 Å². The molecule has 1 amide bonds. The molecule has 0 atom stereocenters. The topological polar surface area (TPSA) is 51.2 Å². The summed E-state index contributed by atoms with van der Waals surface area (Å²) in [6.45, 7) is 1.16. The van der Waals surface area contributed by atoms with Crippen molar-refractivity contribution in [2.24, 2.45) is 0 Å². The number of hydrogen-bond donors (Lipinski definition) is 1. The third-order valence-corrected chi connectivity index (χ3v) is 2.56. The molecule has 0 unspecified atom stereocenters. The lowest BCUT2D eigenvalue weighted by molar-refractivity contribution is 0.0948. The number of nitrogens with one attached hydrogen (secondary N) is 1. The van der Waals surface area contributed by atoms with E-state index < -0.39 is 0 Å². The number of ether oxygens (including phenoxy) is 1. The minimum absolute atomic E-state index is 0.192. The molecule has 1 aromatic heterocycles. The van der Waals surface area contributed by atoms with Gasteiger partial charge in [0.05, 0.1) is 10.6 Å². The number of nitrogens with zero attached hydrogens (tertiary/aromatic N) is 1. The predicted molar refractivity (Wildman–Crippen MR) is 63.1 cm³/mol. The van der Waals surface area contributed by atoms with Crippen LogP contribution < -0.4 is 5.32 Å². The number of pyridine rings is 1. The SMILES string of the molecule is COCCCNC(=O)c1cnc(Cl)c(Cl)c1. The van der Waals surface area contributed by atoms with Gasteiger partial charge in [-0.1, -0.05) is 23.2 Å². The third kappa shape index (κ3) is 3.96. The summed E-state index contributed by atoms with van der Waals surface area (Å²) in [7, 11) is 1.62. The van der Waals surface area contributed by atoms with Gasteiger partial charge in [-0.25, -0.2) is 4.98 Å². The van der Waals surface area contributed by atoms with Gasteiger partial charge in [0, 0.05) is 26.5 Å². The number of aromatic nitrogens is 1. The first-order valence-electron chi connectivity index (χ1n) is 4.73. The van der Waals surface area contributed by atoms with Crippen molar-refractivity contribution < 1.29 is 9.53 Å². The lowest BCUT2D eigenvalue weighted by atomic mass is 10.2. The molecule has 0 aromatic carbocycles. The van der Waals surface area contributed by atoms with Gasteiger partial charge in [-0.3, -0.25) is 4.79 Å². The molecule has 1 aromatic rings. The first-order valence-corrected chi connectivity index (χ1v) is 5.49. The van der Waals surface area contributed by atoms with Gasteiger partial charge in [-0.15, -0.1) is 0 Å². The lowest BCUT2D eigenvalue weighted by Crippen LogP contribution is -2.25. The number of carbonyl (C=O) groups excluding carboxylic acids is 1. The van der Waals surface area contributed by atoms with Crippen molar-refractivity contribution >= 4 is 29.1 Å². The molecule has 0 bridgehead atoms. The first-order chi connectivity index (χ1) is 7.65. The summed E-state index contributed by atoms with van der Waals surface area (Å²) in [6.07, 6.45) is 2.15. The second-order valence-corrected chi connectivity index (χ2v) is 3.86. The van der Waals surface area contributed by atoms with Crippen LogP contribution in [0, 0.1) is 0 Å². The van der Waals surface area contributed by atoms with Crippen molar-refractivity contribution in [3.05, 3.63) is 28.0 Å². The zero-order valence-corrected chi connectivity index (χ0v) is 10.3. The highest BCUT2D eigenvalue weighted by Gasteiger charge is 2.08. The highest BCUT2D eigenvalue weighted by atomic mass is 35.5. The Kier molecular flexibility index (Phi) is 5.52. The highest BCUT2D eigenvalue weighted by Crippen LogP contribution is 2.19. The monoisotopic (exact) mass is 262 g/mol. The van der Waals surface area contributed by atoms with Gasteiger partial charge in [0.15, 0.2) is 0 Å². The van der Waals surface area contributed by atoms with Crippen LogP contribution in [0.15, 0.2) is 12.3 Å². The molecule has 0 saturated heterocycles. The largest absolute Gasteiger partial charge is 0.385 e. The Hall–Kier alpha value is -0.840. The van der Waals surface area contributed by atoms with Gasteiger partial charge < -0.3 is 10.1 Å². The van der Waals surface area contributed by atoms with Crippen molar-refractivity contribution in [2.75, 3.05) is 20.3 Å². The van der Waals surface area contributed by atoms with Gasteiger partial charge in [-0.2, -0.15) is 0 Å². The van der Waals surface area contributed by atoms with E-state index in [0.29, 0.717) is 18.7 Å². The van der Waals surface area contributed by atoms with Crippen LogP contribution in [0.5, 0.6) is 0 Å². The number of rotatable bonds is 5. The second kappa shape index (κ2) is 6.68. The minimum atomic E-state index is -0.220. The van der Waals surface area contributed by atoms with E-state index in [0.717, 1.165) is 6.42 Å². The average Bonchev–Trinajstić information content (AvgIpc) is 2.28. The van der Waals surface area contributed by atoms with Gasteiger partial charge in [0.25, 0.3) is 5.91 Å². The fourth-order valence-electron chi connectivity index (χ4n) is 1.07. The maximum atomic E-state index is 11.6. The predicted octanol–water partition coefficient (Wildman–Crippen LogP) is 2.15. The van der Waals surface area contributed by atoms with Gasteiger partial charge in [0.2, 0.25) is 0 Å². The maximum absolute atomic E-state index is 11.6. The summed E-state index contributed by atoms with van der Waals surface area (Å²) < 4.78 is 4.86. The smallest absolute Gasteiger partial charge is 0.252 e. The van der Waals surface area contributed by atoms with Crippen molar-refractivity contribution in [3.63, 3.8) is 0 Å². The lowest BCUT2D eigenvalue weighted by Gasteiger charge is -2.05. The van der Waals surface area contributed by atoms with Gasteiger partial charge in [0.1, 0.15) is 5.15 Å². The molecule has 0 aliphatic heterocycles. The number of amides is 1. The molecule has 16 heavy (non-hydrogen) atoms. The summed E-state index contributed by atoms with van der Waals surface area (Å²) in [5, 5.41) is 3.18. The van der Waals surface area contributed by atoms with E-state index >= 15 is 0 Å². The minimum Gasteiger partial charge on any atom is -0.385 e. The van der Waals surface area contributed by atoms with E-state index in [1.54, 1.807) is 7.11 Å². The van der Waals surface area contributed by atoms with E-state index in [-0.39, 0.29) is 16.1 Å². The Labute approximate surface area is 104 Å². The zero-order chi connectivity index (χ0) is 12.0. The van der Waals surface area contributed by atoms with Crippen LogP contribution in [0.4, 0.5) is 0 Å². The number of methoxy groups -OCH3 is 1. The zero-order valence-electron chi connectivity index (χ0n) is 8.80. The van der Waals surface area contributed by atoms with Crippen LogP contribution in [0.25, 0.3) is 0 Å². The summed E-state index contributed by atoms with van der Waals surface area (Å²) in [6, 6.07) is 1.49. The van der Waals surface area contributed by atoms with Crippen LogP contribution in [-0.4, -0.2) is 31.2 Å². The number of halogens is 2. The second-order valence-electron chi connectivity index (χ2n) is 3.10. The Morgan fingerprint density at radius 1 is 1.56 bits per heavy atom. The molecule has 0 saturated carbocycles. The molecule has 1 heterocycles. The van der Waals surface area contributed by atoms with Gasteiger partial charge >= 0.3 is 0 Å². The van der Waals surface area contributed by atoms with Crippen LogP contribution in [0.3, 0.4) is 0 Å². The van der Waals surface area contributed by atoms with Crippen LogP contribution in [-0.2, 0) is 4.74 Å². The molecular weight excluding hydrogens is 251 g/mol. The molecule has 1 N–H and O–H groups in total. The van der Waals surface area contributed by atoms with E-state index in [2.05, 4.69) is 10.3 Å². The standard InChI is InChI=1S/C10H12Cl2N2O2/c1-16-4-2-3-13-10(15)7-5-8(11)9(12)14-6-7/h5-6H,2-4H2,1H3,(H,13,15). The Bertz CT molecular complexity index is 372. The summed E-state index contributed by atoms with van der Waals surface area (Å²) in [5.41, 5.74) is 0.395. The molecular formula is C10H12Cl2N2O2. The molecule has 6 heteroatoms. The van der Waals surface area contributed by atoms with Crippen LogP contribution >= 0.6 is 23.2 Å². The first kappa shape index (κ1) is 13.2. The fourth-order valence-corrected chi connectivity index (χ4v) is 1.34. The fraction of sp³-hybridized carbons (Fsp3) is 0.400. The number of carbonyl (C=O) groups is 1.